The van der Waals surface area contributed by atoms with Crippen LogP contribution in [0.2, 0.25) is 0 Å². The smallest absolute Gasteiger partial charge is 0.230 e. The van der Waals surface area contributed by atoms with Crippen molar-refractivity contribution in [2.24, 2.45) is 0 Å². The Morgan fingerprint density at radius 2 is 1.92 bits per heavy atom. The number of rotatable bonds is 5. The molecule has 0 bridgehead atoms. The fraction of sp³-hybridized carbons (Fsp3) is 0.889. The predicted octanol–water partition coefficient (Wildman–Crippen LogP) is 0.854. The van der Waals surface area contributed by atoms with Crippen molar-refractivity contribution >= 4 is 17.7 Å². The zero-order valence-electron chi connectivity index (χ0n) is 8.94. The van der Waals surface area contributed by atoms with Gasteiger partial charge in [-0.15, -0.1) is 11.8 Å². The molecule has 0 aromatic rings. The predicted molar refractivity (Wildman–Crippen MR) is 59.1 cm³/mol. The van der Waals surface area contributed by atoms with Crippen LogP contribution in [0, 0.1) is 0 Å². The van der Waals surface area contributed by atoms with Crippen molar-refractivity contribution in [1.29, 1.82) is 0 Å². The van der Waals surface area contributed by atoms with Crippen LogP contribution in [0.4, 0.5) is 0 Å². The van der Waals surface area contributed by atoms with Crippen LogP contribution in [-0.2, 0) is 4.79 Å². The van der Waals surface area contributed by atoms with Crippen LogP contribution in [0.3, 0.4) is 0 Å². The molecule has 0 aromatic heterocycles. The molecule has 4 heteroatoms. The molecular formula is C9H20N2OS. The summed E-state index contributed by atoms with van der Waals surface area (Å²) in [5.41, 5.74) is 0. The Kier molecular flexibility index (Phi) is 6.16. The summed E-state index contributed by atoms with van der Waals surface area (Å²) < 4.78 is 0.167. The molecule has 0 saturated carbocycles. The molecule has 0 aromatic carbocycles. The SMILES string of the molecule is CNCCNC(=O)CSC(C)(C)C. The molecule has 0 heterocycles. The minimum atomic E-state index is 0.121. The lowest BCUT2D eigenvalue weighted by atomic mass is 10.3. The number of nitrogens with one attached hydrogen (secondary N) is 2. The van der Waals surface area contributed by atoms with E-state index in [1.54, 1.807) is 11.8 Å². The Morgan fingerprint density at radius 1 is 1.31 bits per heavy atom. The summed E-state index contributed by atoms with van der Waals surface area (Å²) in [6.07, 6.45) is 0. The Bertz CT molecular complexity index is 154. The molecule has 0 spiro atoms. The van der Waals surface area contributed by atoms with Gasteiger partial charge in [-0.25, -0.2) is 0 Å². The van der Waals surface area contributed by atoms with Crippen LogP contribution in [0.1, 0.15) is 20.8 Å². The summed E-state index contributed by atoms with van der Waals surface area (Å²) in [5, 5.41) is 5.81. The zero-order valence-corrected chi connectivity index (χ0v) is 9.75. The van der Waals surface area contributed by atoms with Gasteiger partial charge in [0.15, 0.2) is 0 Å². The van der Waals surface area contributed by atoms with E-state index >= 15 is 0 Å². The average molecular weight is 204 g/mol. The zero-order chi connectivity index (χ0) is 10.3. The van der Waals surface area contributed by atoms with Gasteiger partial charge >= 0.3 is 0 Å². The average Bonchev–Trinajstić information content (AvgIpc) is 2.00. The number of carbonyl (C=O) groups excluding carboxylic acids is 1. The van der Waals surface area contributed by atoms with Crippen LogP contribution in [0.5, 0.6) is 0 Å². The second-order valence-corrected chi connectivity index (χ2v) is 5.66. The highest BCUT2D eigenvalue weighted by molar-refractivity contribution is 8.01. The molecule has 0 saturated heterocycles. The number of hydrogen-bond donors (Lipinski definition) is 2. The van der Waals surface area contributed by atoms with E-state index in [2.05, 4.69) is 31.4 Å². The lowest BCUT2D eigenvalue weighted by Gasteiger charge is -2.16. The van der Waals surface area contributed by atoms with Crippen LogP contribution in [0.15, 0.2) is 0 Å². The summed E-state index contributed by atoms with van der Waals surface area (Å²) >= 11 is 1.67. The highest BCUT2D eigenvalue weighted by atomic mass is 32.2. The third-order valence-electron chi connectivity index (χ3n) is 1.33. The van der Waals surface area contributed by atoms with Crippen molar-refractivity contribution < 1.29 is 4.79 Å². The largest absolute Gasteiger partial charge is 0.354 e. The van der Waals surface area contributed by atoms with Gasteiger partial charge in [0.25, 0.3) is 0 Å². The summed E-state index contributed by atoms with van der Waals surface area (Å²) in [7, 11) is 1.87. The van der Waals surface area contributed by atoms with Crippen molar-refractivity contribution in [3.63, 3.8) is 0 Å². The van der Waals surface area contributed by atoms with E-state index in [4.69, 9.17) is 0 Å². The van der Waals surface area contributed by atoms with Gasteiger partial charge < -0.3 is 10.6 Å². The van der Waals surface area contributed by atoms with Gasteiger partial charge in [0.1, 0.15) is 0 Å². The number of amides is 1. The lowest BCUT2D eigenvalue weighted by molar-refractivity contribution is -0.118. The van der Waals surface area contributed by atoms with Gasteiger partial charge in [0.2, 0.25) is 5.91 Å². The van der Waals surface area contributed by atoms with Crippen molar-refractivity contribution in [1.82, 2.24) is 10.6 Å². The van der Waals surface area contributed by atoms with E-state index in [-0.39, 0.29) is 10.7 Å². The third kappa shape index (κ3) is 9.70. The summed E-state index contributed by atoms with van der Waals surface area (Å²) in [6, 6.07) is 0. The first-order valence-electron chi connectivity index (χ1n) is 4.51. The molecule has 0 fully saturated rings. The molecule has 3 nitrogen and oxygen atoms in total. The first-order chi connectivity index (χ1) is 5.95. The number of likely N-dealkylation sites (N-methyl/N-ethyl adjacent to an activating group) is 1. The highest BCUT2D eigenvalue weighted by Gasteiger charge is 2.12. The van der Waals surface area contributed by atoms with E-state index in [1.807, 2.05) is 7.05 Å². The van der Waals surface area contributed by atoms with E-state index in [9.17, 15) is 4.79 Å². The van der Waals surface area contributed by atoms with Crippen LogP contribution in [0.25, 0.3) is 0 Å². The summed E-state index contributed by atoms with van der Waals surface area (Å²) in [5.74, 6) is 0.669. The van der Waals surface area contributed by atoms with Crippen molar-refractivity contribution in [2.45, 2.75) is 25.5 Å². The number of thioether (sulfide) groups is 1. The van der Waals surface area contributed by atoms with Gasteiger partial charge in [0, 0.05) is 17.8 Å². The fourth-order valence-corrected chi connectivity index (χ4v) is 1.33. The maximum Gasteiger partial charge on any atom is 0.230 e. The Hall–Kier alpha value is -0.220. The third-order valence-corrected chi connectivity index (χ3v) is 2.61. The van der Waals surface area contributed by atoms with E-state index < -0.39 is 0 Å². The quantitative estimate of drug-likeness (QED) is 0.652. The molecule has 0 unspecified atom stereocenters. The van der Waals surface area contributed by atoms with Gasteiger partial charge in [-0.2, -0.15) is 0 Å². The monoisotopic (exact) mass is 204 g/mol. The summed E-state index contributed by atoms with van der Waals surface area (Å²) in [4.78, 5) is 11.2. The second kappa shape index (κ2) is 6.27. The Balaban J connectivity index is 3.41. The molecule has 0 rings (SSSR count). The summed E-state index contributed by atoms with van der Waals surface area (Å²) in [6.45, 7) is 7.86. The Labute approximate surface area is 85.0 Å². The standard InChI is InChI=1S/C9H20N2OS/c1-9(2,3)13-7-8(12)11-6-5-10-4/h10H,5-7H2,1-4H3,(H,11,12). The van der Waals surface area contributed by atoms with E-state index in [0.29, 0.717) is 12.3 Å². The topological polar surface area (TPSA) is 41.1 Å². The van der Waals surface area contributed by atoms with Gasteiger partial charge in [-0.1, -0.05) is 20.8 Å². The maximum absolute atomic E-state index is 11.2. The first-order valence-corrected chi connectivity index (χ1v) is 5.49. The van der Waals surface area contributed by atoms with Crippen LogP contribution in [-0.4, -0.2) is 36.5 Å². The molecule has 0 radical (unpaired) electrons. The molecule has 0 aliphatic rings. The molecular weight excluding hydrogens is 184 g/mol. The molecule has 78 valence electrons. The lowest BCUT2D eigenvalue weighted by Crippen LogP contribution is -2.32. The molecule has 0 atom stereocenters. The number of hydrogen-bond acceptors (Lipinski definition) is 3. The van der Waals surface area contributed by atoms with Crippen molar-refractivity contribution in [2.75, 3.05) is 25.9 Å². The minimum absolute atomic E-state index is 0.121. The van der Waals surface area contributed by atoms with Gasteiger partial charge in [-0.05, 0) is 7.05 Å². The fourth-order valence-electron chi connectivity index (χ4n) is 0.660. The molecule has 13 heavy (non-hydrogen) atoms. The number of carbonyl (C=O) groups is 1. The van der Waals surface area contributed by atoms with Gasteiger partial charge in [-0.3, -0.25) is 4.79 Å². The van der Waals surface area contributed by atoms with Gasteiger partial charge in [0.05, 0.1) is 5.75 Å². The molecule has 1 amide bonds. The molecule has 0 aliphatic heterocycles. The highest BCUT2D eigenvalue weighted by Crippen LogP contribution is 2.22. The molecule has 2 N–H and O–H groups in total. The minimum Gasteiger partial charge on any atom is -0.354 e. The molecule has 0 aliphatic carbocycles. The van der Waals surface area contributed by atoms with Crippen molar-refractivity contribution in [3.8, 4) is 0 Å². The van der Waals surface area contributed by atoms with Crippen LogP contribution >= 0.6 is 11.8 Å². The second-order valence-electron chi connectivity index (χ2n) is 3.85. The Morgan fingerprint density at radius 3 is 2.38 bits per heavy atom. The maximum atomic E-state index is 11.2. The van der Waals surface area contributed by atoms with E-state index in [0.717, 1.165) is 6.54 Å². The van der Waals surface area contributed by atoms with Crippen molar-refractivity contribution in [3.05, 3.63) is 0 Å². The van der Waals surface area contributed by atoms with E-state index in [1.165, 1.54) is 0 Å². The van der Waals surface area contributed by atoms with Crippen LogP contribution < -0.4 is 10.6 Å². The normalized spacial score (nSPS) is 11.4. The first kappa shape index (κ1) is 12.8.